The van der Waals surface area contributed by atoms with E-state index in [1.807, 2.05) is 0 Å². The molecule has 3 saturated carbocycles. The Morgan fingerprint density at radius 3 is 2.47 bits per heavy atom. The van der Waals surface area contributed by atoms with Crippen LogP contribution in [-0.2, 0) is 4.79 Å². The van der Waals surface area contributed by atoms with E-state index in [0.717, 1.165) is 36.6 Å². The van der Waals surface area contributed by atoms with Crippen LogP contribution in [-0.4, -0.2) is 35.5 Å². The fraction of sp³-hybridized carbons (Fsp3) is 0.938. The van der Waals surface area contributed by atoms with Gasteiger partial charge in [0, 0.05) is 18.6 Å². The molecule has 4 fully saturated rings. The van der Waals surface area contributed by atoms with Gasteiger partial charge in [0.1, 0.15) is 0 Å². The number of nitrogens with zero attached hydrogens (tertiary/aromatic N) is 1. The Kier molecular flexibility index (Phi) is 2.70. The second-order valence-electron chi connectivity index (χ2n) is 7.53. The lowest BCUT2D eigenvalue weighted by Crippen LogP contribution is -2.53. The highest BCUT2D eigenvalue weighted by Crippen LogP contribution is 2.67. The van der Waals surface area contributed by atoms with Crippen LogP contribution in [0.4, 0.5) is 0 Å². The molecule has 2 bridgehead atoms. The van der Waals surface area contributed by atoms with Gasteiger partial charge in [0.15, 0.2) is 0 Å². The Labute approximate surface area is 116 Å². The predicted octanol–water partition coefficient (Wildman–Crippen LogP) is 2.02. The van der Waals surface area contributed by atoms with Crippen LogP contribution in [0.3, 0.4) is 0 Å². The first-order valence-electron chi connectivity index (χ1n) is 8.23. The lowest BCUT2D eigenvalue weighted by molar-refractivity contribution is -0.137. The minimum Gasteiger partial charge on any atom is -0.338 e. The van der Waals surface area contributed by atoms with Crippen molar-refractivity contribution in [2.45, 2.75) is 64.1 Å². The third-order valence-corrected chi connectivity index (χ3v) is 6.06. The number of amides is 1. The van der Waals surface area contributed by atoms with Crippen LogP contribution in [0.1, 0.15) is 46.0 Å². The number of carbonyl (C=O) groups excluding carboxylic acids is 1. The smallest absolute Gasteiger partial charge is 0.239 e. The molecule has 0 radical (unpaired) electrons. The van der Waals surface area contributed by atoms with Gasteiger partial charge in [-0.1, -0.05) is 13.8 Å². The van der Waals surface area contributed by atoms with Crippen molar-refractivity contribution < 1.29 is 4.79 Å². The summed E-state index contributed by atoms with van der Waals surface area (Å²) in [6.45, 7) is 5.29. The lowest BCUT2D eigenvalue weighted by atomic mass is 10.0. The molecule has 1 aliphatic heterocycles. The van der Waals surface area contributed by atoms with Gasteiger partial charge in [0.25, 0.3) is 0 Å². The number of hydrogen-bond acceptors (Lipinski definition) is 2. The van der Waals surface area contributed by atoms with E-state index in [0.29, 0.717) is 18.0 Å². The number of nitrogens with one attached hydrogen (secondary N) is 1. The summed E-state index contributed by atoms with van der Waals surface area (Å²) in [5.41, 5.74) is 0. The average Bonchev–Trinajstić information content (AvgIpc) is 2.79. The largest absolute Gasteiger partial charge is 0.338 e. The van der Waals surface area contributed by atoms with E-state index in [4.69, 9.17) is 0 Å². The molecular weight excluding hydrogens is 236 g/mol. The minimum absolute atomic E-state index is 0.0905. The zero-order valence-electron chi connectivity index (χ0n) is 12.1. The molecule has 106 valence electrons. The first-order chi connectivity index (χ1) is 9.16. The molecule has 3 nitrogen and oxygen atoms in total. The van der Waals surface area contributed by atoms with E-state index in [1.165, 1.54) is 25.7 Å². The Balaban J connectivity index is 1.46. The molecule has 0 aromatic carbocycles. The molecule has 1 amide bonds. The summed E-state index contributed by atoms with van der Waals surface area (Å²) >= 11 is 0. The normalized spacial score (nSPS) is 47.9. The van der Waals surface area contributed by atoms with Crippen molar-refractivity contribution in [3.8, 4) is 0 Å². The summed E-state index contributed by atoms with van der Waals surface area (Å²) in [7, 11) is 0. The second-order valence-corrected chi connectivity index (χ2v) is 7.53. The summed E-state index contributed by atoms with van der Waals surface area (Å²) in [6.07, 6.45) is 6.57. The molecule has 0 aromatic rings. The molecule has 1 heterocycles. The fourth-order valence-corrected chi connectivity index (χ4v) is 5.45. The van der Waals surface area contributed by atoms with Crippen molar-refractivity contribution in [1.82, 2.24) is 10.2 Å². The van der Waals surface area contributed by atoms with Gasteiger partial charge in [-0.05, 0) is 55.8 Å². The number of rotatable bonds is 3. The maximum Gasteiger partial charge on any atom is 0.239 e. The quantitative estimate of drug-likeness (QED) is 0.844. The molecule has 4 aliphatic rings. The van der Waals surface area contributed by atoms with Crippen molar-refractivity contribution >= 4 is 5.91 Å². The number of carbonyl (C=O) groups is 1. The second kappa shape index (κ2) is 4.21. The first-order valence-corrected chi connectivity index (χ1v) is 8.23. The molecule has 1 saturated heterocycles. The van der Waals surface area contributed by atoms with Crippen LogP contribution in [0.2, 0.25) is 0 Å². The summed E-state index contributed by atoms with van der Waals surface area (Å²) in [5.74, 6) is 4.11. The van der Waals surface area contributed by atoms with Gasteiger partial charge >= 0.3 is 0 Å². The number of piperidine rings is 1. The van der Waals surface area contributed by atoms with Crippen molar-refractivity contribution in [2.24, 2.45) is 23.7 Å². The molecule has 1 N–H and O–H groups in total. The summed E-state index contributed by atoms with van der Waals surface area (Å²) < 4.78 is 0. The predicted molar refractivity (Wildman–Crippen MR) is 74.6 cm³/mol. The van der Waals surface area contributed by atoms with E-state index in [2.05, 4.69) is 24.1 Å². The zero-order valence-corrected chi connectivity index (χ0v) is 12.1. The zero-order chi connectivity index (χ0) is 13.1. The monoisotopic (exact) mass is 262 g/mol. The summed E-state index contributed by atoms with van der Waals surface area (Å²) in [5, 5.41) is 3.46. The lowest BCUT2D eigenvalue weighted by Gasteiger charge is -2.35. The molecule has 0 spiro atoms. The molecule has 0 aromatic heterocycles. The highest BCUT2D eigenvalue weighted by Gasteiger charge is 2.67. The summed E-state index contributed by atoms with van der Waals surface area (Å²) in [4.78, 5) is 14.9. The van der Waals surface area contributed by atoms with E-state index in [-0.39, 0.29) is 6.04 Å². The highest BCUT2D eigenvalue weighted by atomic mass is 16.2. The SMILES string of the molecule is CC(C)NC1CCCN(C2C3C4CCC(C4)C32)C1=O. The van der Waals surface area contributed by atoms with Gasteiger partial charge in [-0.15, -0.1) is 0 Å². The molecule has 19 heavy (non-hydrogen) atoms. The Morgan fingerprint density at radius 2 is 1.84 bits per heavy atom. The van der Waals surface area contributed by atoms with Crippen molar-refractivity contribution in [3.05, 3.63) is 0 Å². The number of fused-ring (bicyclic) bond motifs is 5. The van der Waals surface area contributed by atoms with Gasteiger partial charge in [-0.25, -0.2) is 0 Å². The van der Waals surface area contributed by atoms with Gasteiger partial charge in [0.05, 0.1) is 6.04 Å². The van der Waals surface area contributed by atoms with E-state index in [9.17, 15) is 4.79 Å². The Bertz CT molecular complexity index is 378. The minimum atomic E-state index is 0.0905. The van der Waals surface area contributed by atoms with Crippen LogP contribution in [0.25, 0.3) is 0 Å². The Morgan fingerprint density at radius 1 is 1.16 bits per heavy atom. The van der Waals surface area contributed by atoms with Crippen LogP contribution in [0.5, 0.6) is 0 Å². The number of likely N-dealkylation sites (tertiary alicyclic amines) is 1. The molecule has 5 unspecified atom stereocenters. The first kappa shape index (κ1) is 12.2. The fourth-order valence-electron chi connectivity index (χ4n) is 5.45. The van der Waals surface area contributed by atoms with Gasteiger partial charge < -0.3 is 10.2 Å². The maximum absolute atomic E-state index is 12.7. The van der Waals surface area contributed by atoms with Gasteiger partial charge in [-0.3, -0.25) is 4.79 Å². The molecular formula is C16H26N2O. The molecule has 4 rings (SSSR count). The van der Waals surface area contributed by atoms with Gasteiger partial charge in [0.2, 0.25) is 5.91 Å². The standard InChI is InChI=1S/C16H26N2O/c1-9(2)17-12-4-3-7-18(16(12)19)15-13-10-5-6-11(8-10)14(13)15/h9-15,17H,3-8H2,1-2H3. The average molecular weight is 262 g/mol. The van der Waals surface area contributed by atoms with Crippen molar-refractivity contribution in [1.29, 1.82) is 0 Å². The van der Waals surface area contributed by atoms with Crippen LogP contribution < -0.4 is 5.32 Å². The van der Waals surface area contributed by atoms with Crippen molar-refractivity contribution in [3.63, 3.8) is 0 Å². The topological polar surface area (TPSA) is 32.3 Å². The number of hydrogen-bond donors (Lipinski definition) is 1. The molecule has 3 aliphatic carbocycles. The van der Waals surface area contributed by atoms with E-state index in [1.54, 1.807) is 0 Å². The third kappa shape index (κ3) is 1.77. The van der Waals surface area contributed by atoms with E-state index < -0.39 is 0 Å². The van der Waals surface area contributed by atoms with Crippen LogP contribution >= 0.6 is 0 Å². The Hall–Kier alpha value is -0.570. The van der Waals surface area contributed by atoms with Gasteiger partial charge in [-0.2, -0.15) is 0 Å². The molecule has 3 heteroatoms. The van der Waals surface area contributed by atoms with E-state index >= 15 is 0 Å². The highest BCUT2D eigenvalue weighted by molar-refractivity contribution is 5.83. The van der Waals surface area contributed by atoms with Crippen molar-refractivity contribution in [2.75, 3.05) is 6.54 Å². The maximum atomic E-state index is 12.7. The van der Waals surface area contributed by atoms with Crippen LogP contribution in [0.15, 0.2) is 0 Å². The van der Waals surface area contributed by atoms with Crippen LogP contribution in [0, 0.1) is 23.7 Å². The summed E-state index contributed by atoms with van der Waals surface area (Å²) in [6, 6.07) is 1.13. The molecule has 5 atom stereocenters. The third-order valence-electron chi connectivity index (χ3n) is 6.06.